The number of rotatable bonds is 3. The maximum atomic E-state index is 8.87. The van der Waals surface area contributed by atoms with E-state index in [1.807, 2.05) is 6.07 Å². The van der Waals surface area contributed by atoms with Crippen LogP contribution in [-0.4, -0.2) is 11.2 Å². The SMILES string of the molecule is N#CC1CCCC1NCc1ccon1. The molecule has 0 amide bonds. The van der Waals surface area contributed by atoms with Crippen molar-refractivity contribution in [1.82, 2.24) is 10.5 Å². The highest BCUT2D eigenvalue weighted by molar-refractivity contribution is 4.99. The second-order valence-electron chi connectivity index (χ2n) is 3.64. The van der Waals surface area contributed by atoms with Crippen molar-refractivity contribution in [3.8, 4) is 6.07 Å². The Morgan fingerprint density at radius 2 is 2.57 bits per heavy atom. The van der Waals surface area contributed by atoms with Crippen LogP contribution >= 0.6 is 0 Å². The predicted molar refractivity (Wildman–Crippen MR) is 50.1 cm³/mol. The summed E-state index contributed by atoms with van der Waals surface area (Å²) in [7, 11) is 0. The molecule has 4 nitrogen and oxygen atoms in total. The molecule has 1 saturated carbocycles. The minimum absolute atomic E-state index is 0.168. The third-order valence-electron chi connectivity index (χ3n) is 2.72. The number of hydrogen-bond acceptors (Lipinski definition) is 4. The Balaban J connectivity index is 1.83. The van der Waals surface area contributed by atoms with E-state index in [4.69, 9.17) is 9.78 Å². The minimum atomic E-state index is 0.168. The van der Waals surface area contributed by atoms with Gasteiger partial charge < -0.3 is 9.84 Å². The zero-order valence-electron chi connectivity index (χ0n) is 7.94. The van der Waals surface area contributed by atoms with Crippen LogP contribution in [0.5, 0.6) is 0 Å². The van der Waals surface area contributed by atoms with E-state index in [-0.39, 0.29) is 5.92 Å². The third kappa shape index (κ3) is 1.94. The van der Waals surface area contributed by atoms with E-state index in [2.05, 4.69) is 16.5 Å². The number of hydrogen-bond donors (Lipinski definition) is 1. The lowest BCUT2D eigenvalue weighted by Gasteiger charge is -2.13. The molecule has 0 aromatic carbocycles. The van der Waals surface area contributed by atoms with Crippen molar-refractivity contribution < 1.29 is 4.52 Å². The third-order valence-corrected chi connectivity index (χ3v) is 2.72. The molecule has 4 heteroatoms. The highest BCUT2D eigenvalue weighted by atomic mass is 16.5. The molecule has 1 aliphatic rings. The number of aromatic nitrogens is 1. The maximum absolute atomic E-state index is 8.87. The smallest absolute Gasteiger partial charge is 0.124 e. The fourth-order valence-electron chi connectivity index (χ4n) is 1.92. The van der Waals surface area contributed by atoms with Gasteiger partial charge in [0.05, 0.1) is 17.7 Å². The van der Waals surface area contributed by atoms with Gasteiger partial charge in [-0.1, -0.05) is 11.6 Å². The number of nitriles is 1. The number of nitrogens with one attached hydrogen (secondary N) is 1. The Morgan fingerprint density at radius 3 is 3.29 bits per heavy atom. The molecular formula is C10H13N3O. The normalized spacial score (nSPS) is 26.2. The molecule has 1 N–H and O–H groups in total. The Bertz CT molecular complexity index is 315. The van der Waals surface area contributed by atoms with Crippen LogP contribution in [-0.2, 0) is 6.54 Å². The van der Waals surface area contributed by atoms with Crippen LogP contribution in [0, 0.1) is 17.2 Å². The summed E-state index contributed by atoms with van der Waals surface area (Å²) in [5.74, 6) is 0.168. The van der Waals surface area contributed by atoms with Crippen LogP contribution in [0.15, 0.2) is 16.9 Å². The van der Waals surface area contributed by atoms with E-state index in [1.54, 1.807) is 6.26 Å². The van der Waals surface area contributed by atoms with Gasteiger partial charge in [0, 0.05) is 18.7 Å². The summed E-state index contributed by atoms with van der Waals surface area (Å²) in [6.45, 7) is 0.694. The zero-order chi connectivity index (χ0) is 9.80. The quantitative estimate of drug-likeness (QED) is 0.785. The summed E-state index contributed by atoms with van der Waals surface area (Å²) in [5.41, 5.74) is 0.897. The van der Waals surface area contributed by atoms with Gasteiger partial charge >= 0.3 is 0 Å². The molecule has 0 radical (unpaired) electrons. The first kappa shape index (κ1) is 9.22. The molecule has 1 aromatic heterocycles. The van der Waals surface area contributed by atoms with Crippen molar-refractivity contribution in [2.75, 3.05) is 0 Å². The topological polar surface area (TPSA) is 61.9 Å². The Hall–Kier alpha value is -1.34. The van der Waals surface area contributed by atoms with Gasteiger partial charge in [-0.05, 0) is 12.8 Å². The van der Waals surface area contributed by atoms with E-state index >= 15 is 0 Å². The summed E-state index contributed by atoms with van der Waals surface area (Å²) in [4.78, 5) is 0. The van der Waals surface area contributed by atoms with Crippen LogP contribution in [0.25, 0.3) is 0 Å². The van der Waals surface area contributed by atoms with Gasteiger partial charge in [0.2, 0.25) is 0 Å². The summed E-state index contributed by atoms with van der Waals surface area (Å²) in [5, 5.41) is 16.0. The van der Waals surface area contributed by atoms with E-state index < -0.39 is 0 Å². The first-order chi connectivity index (χ1) is 6.90. The fraction of sp³-hybridized carbons (Fsp3) is 0.600. The molecule has 1 heterocycles. The van der Waals surface area contributed by atoms with Crippen LogP contribution in [0.1, 0.15) is 25.0 Å². The molecule has 74 valence electrons. The lowest BCUT2D eigenvalue weighted by Crippen LogP contribution is -2.31. The van der Waals surface area contributed by atoms with Crippen LogP contribution in [0.2, 0.25) is 0 Å². The van der Waals surface area contributed by atoms with Crippen molar-refractivity contribution in [3.05, 3.63) is 18.0 Å². The molecule has 1 fully saturated rings. The van der Waals surface area contributed by atoms with E-state index in [0.717, 1.165) is 25.0 Å². The van der Waals surface area contributed by atoms with Crippen molar-refractivity contribution in [2.45, 2.75) is 31.8 Å². The van der Waals surface area contributed by atoms with Crippen molar-refractivity contribution >= 4 is 0 Å². The van der Waals surface area contributed by atoms with Gasteiger partial charge in [-0.2, -0.15) is 5.26 Å². The maximum Gasteiger partial charge on any atom is 0.124 e. The molecule has 1 aromatic rings. The average molecular weight is 191 g/mol. The van der Waals surface area contributed by atoms with E-state index in [9.17, 15) is 0 Å². The van der Waals surface area contributed by atoms with Gasteiger partial charge in [0.15, 0.2) is 0 Å². The van der Waals surface area contributed by atoms with Gasteiger partial charge in [0.25, 0.3) is 0 Å². The zero-order valence-corrected chi connectivity index (χ0v) is 7.94. The molecule has 2 unspecified atom stereocenters. The molecule has 14 heavy (non-hydrogen) atoms. The van der Waals surface area contributed by atoms with Gasteiger partial charge in [-0.3, -0.25) is 0 Å². The highest BCUT2D eigenvalue weighted by Crippen LogP contribution is 2.24. The molecule has 0 saturated heterocycles. The lowest BCUT2D eigenvalue weighted by atomic mass is 10.1. The van der Waals surface area contributed by atoms with Crippen molar-refractivity contribution in [3.63, 3.8) is 0 Å². The monoisotopic (exact) mass is 191 g/mol. The standard InChI is InChI=1S/C10H13N3O/c11-6-8-2-1-3-10(8)12-7-9-4-5-14-13-9/h4-5,8,10,12H,1-3,7H2. The summed E-state index contributed by atoms with van der Waals surface area (Å²) < 4.78 is 4.73. The Kier molecular flexibility index (Phi) is 2.80. The van der Waals surface area contributed by atoms with Gasteiger partial charge in [-0.15, -0.1) is 0 Å². The summed E-state index contributed by atoms with van der Waals surface area (Å²) >= 11 is 0. The van der Waals surface area contributed by atoms with Crippen LogP contribution < -0.4 is 5.32 Å². The van der Waals surface area contributed by atoms with E-state index in [0.29, 0.717) is 12.6 Å². The molecular weight excluding hydrogens is 178 g/mol. The van der Waals surface area contributed by atoms with Crippen molar-refractivity contribution in [2.24, 2.45) is 5.92 Å². The number of nitrogens with zero attached hydrogens (tertiary/aromatic N) is 2. The van der Waals surface area contributed by atoms with Crippen LogP contribution in [0.4, 0.5) is 0 Å². The Morgan fingerprint density at radius 1 is 1.64 bits per heavy atom. The average Bonchev–Trinajstić information content (AvgIpc) is 2.85. The molecule has 2 atom stereocenters. The first-order valence-electron chi connectivity index (χ1n) is 4.92. The molecule has 1 aliphatic carbocycles. The molecule has 0 spiro atoms. The summed E-state index contributed by atoms with van der Waals surface area (Å²) in [6, 6.07) is 4.50. The minimum Gasteiger partial charge on any atom is -0.364 e. The van der Waals surface area contributed by atoms with Crippen LogP contribution in [0.3, 0.4) is 0 Å². The van der Waals surface area contributed by atoms with Crippen molar-refractivity contribution in [1.29, 1.82) is 5.26 Å². The largest absolute Gasteiger partial charge is 0.364 e. The first-order valence-corrected chi connectivity index (χ1v) is 4.92. The molecule has 0 bridgehead atoms. The second kappa shape index (κ2) is 4.25. The highest BCUT2D eigenvalue weighted by Gasteiger charge is 2.26. The molecule has 2 rings (SSSR count). The lowest BCUT2D eigenvalue weighted by molar-refractivity contribution is 0.399. The fourth-order valence-corrected chi connectivity index (χ4v) is 1.92. The summed E-state index contributed by atoms with van der Waals surface area (Å²) in [6.07, 6.45) is 4.82. The molecule has 0 aliphatic heterocycles. The Labute approximate surface area is 82.9 Å². The second-order valence-corrected chi connectivity index (χ2v) is 3.64. The van der Waals surface area contributed by atoms with E-state index in [1.165, 1.54) is 0 Å². The van der Waals surface area contributed by atoms with Gasteiger partial charge in [0.1, 0.15) is 6.26 Å². The van der Waals surface area contributed by atoms with Gasteiger partial charge in [-0.25, -0.2) is 0 Å². The predicted octanol–water partition coefficient (Wildman–Crippen LogP) is 1.46.